The number of carbonyl (C=O) groups excluding carboxylic acids is 1. The van der Waals surface area contributed by atoms with Crippen LogP contribution in [0.5, 0.6) is 0 Å². The summed E-state index contributed by atoms with van der Waals surface area (Å²) >= 11 is 0. The summed E-state index contributed by atoms with van der Waals surface area (Å²) in [6, 6.07) is 9.85. The number of pyridine rings is 1. The zero-order valence-corrected chi connectivity index (χ0v) is 13.7. The van der Waals surface area contributed by atoms with Crippen LogP contribution >= 0.6 is 0 Å². The Morgan fingerprint density at radius 1 is 1.17 bits per heavy atom. The van der Waals surface area contributed by atoms with E-state index in [0.717, 1.165) is 29.3 Å². The summed E-state index contributed by atoms with van der Waals surface area (Å²) in [4.78, 5) is 15.0. The lowest BCUT2D eigenvalue weighted by atomic mass is 10.2. The van der Waals surface area contributed by atoms with Gasteiger partial charge in [-0.15, -0.1) is 0 Å². The molecule has 23 heavy (non-hydrogen) atoms. The molecule has 124 valence electrons. The van der Waals surface area contributed by atoms with Crippen LogP contribution < -0.4 is 0 Å². The molecule has 0 spiro atoms. The largest absolute Gasteiger partial charge is 0.464 e. The zero-order valence-electron chi connectivity index (χ0n) is 13.7. The number of aromatic nitrogens is 1. The molecule has 0 aliphatic carbocycles. The fourth-order valence-electron chi connectivity index (χ4n) is 2.17. The predicted molar refractivity (Wildman–Crippen MR) is 89.7 cm³/mol. The number of rotatable bonds is 7. The molecule has 5 heteroatoms. The fraction of sp³-hybridized carbons (Fsp3) is 0.444. The number of ether oxygens (including phenoxy) is 2. The van der Waals surface area contributed by atoms with Crippen LogP contribution in [0.4, 0.5) is 0 Å². The van der Waals surface area contributed by atoms with Crippen molar-refractivity contribution in [1.82, 2.24) is 4.98 Å². The molecule has 0 amide bonds. The first-order valence-electron chi connectivity index (χ1n) is 8.05. The summed E-state index contributed by atoms with van der Waals surface area (Å²) in [5.74, 6) is -0.269. The SMILES string of the molecule is CCCCCOCC(=O)OCC.c1cc2ccc3nc2c(c1)o3. The minimum absolute atomic E-state index is 0.0948. The molecule has 0 aliphatic rings. The van der Waals surface area contributed by atoms with Gasteiger partial charge >= 0.3 is 5.97 Å². The highest BCUT2D eigenvalue weighted by Crippen LogP contribution is 2.23. The van der Waals surface area contributed by atoms with Gasteiger partial charge in [0.1, 0.15) is 12.1 Å². The van der Waals surface area contributed by atoms with E-state index in [-0.39, 0.29) is 12.6 Å². The van der Waals surface area contributed by atoms with Gasteiger partial charge < -0.3 is 13.9 Å². The van der Waals surface area contributed by atoms with Crippen molar-refractivity contribution in [1.29, 1.82) is 0 Å². The Morgan fingerprint density at radius 3 is 2.83 bits per heavy atom. The first-order chi connectivity index (χ1) is 11.2. The van der Waals surface area contributed by atoms with Gasteiger partial charge in [-0.2, -0.15) is 0 Å². The highest BCUT2D eigenvalue weighted by Gasteiger charge is 2.04. The van der Waals surface area contributed by atoms with Crippen LogP contribution in [0.1, 0.15) is 33.1 Å². The van der Waals surface area contributed by atoms with E-state index in [1.807, 2.05) is 30.3 Å². The number of benzene rings is 1. The minimum atomic E-state index is -0.269. The van der Waals surface area contributed by atoms with Gasteiger partial charge in [-0.3, -0.25) is 0 Å². The summed E-state index contributed by atoms with van der Waals surface area (Å²) < 4.78 is 15.1. The number of para-hydroxylation sites is 1. The molecule has 0 unspecified atom stereocenters. The van der Waals surface area contributed by atoms with Crippen LogP contribution in [0.15, 0.2) is 34.7 Å². The standard InChI is InChI=1S/C9H5NO.C9H18O3/c1-2-6-4-5-8-10-9(6)7(3-1)11-8;1-3-5-6-7-11-8-9(10)12-4-2/h1-5H;3-8H2,1-2H3. The van der Waals surface area contributed by atoms with Crippen molar-refractivity contribution in [3.63, 3.8) is 0 Å². The molecule has 0 radical (unpaired) electrons. The van der Waals surface area contributed by atoms with Gasteiger partial charge in [-0.1, -0.05) is 31.9 Å². The molecule has 2 aromatic heterocycles. The first kappa shape index (κ1) is 17.2. The number of oxazole rings is 1. The molecule has 5 nitrogen and oxygen atoms in total. The Labute approximate surface area is 135 Å². The molecule has 0 saturated heterocycles. The Balaban J connectivity index is 0.000000167. The van der Waals surface area contributed by atoms with Crippen molar-refractivity contribution in [2.45, 2.75) is 33.1 Å². The van der Waals surface area contributed by atoms with Crippen molar-refractivity contribution >= 4 is 28.2 Å². The monoisotopic (exact) mass is 317 g/mol. The highest BCUT2D eigenvalue weighted by atomic mass is 16.6. The number of carbonyl (C=O) groups is 1. The van der Waals surface area contributed by atoms with Crippen molar-refractivity contribution in [2.24, 2.45) is 0 Å². The van der Waals surface area contributed by atoms with Crippen molar-refractivity contribution in [3.8, 4) is 0 Å². The Morgan fingerprint density at radius 2 is 2.04 bits per heavy atom. The maximum atomic E-state index is 10.7. The third kappa shape index (κ3) is 5.21. The van der Waals surface area contributed by atoms with E-state index in [1.165, 1.54) is 6.42 Å². The van der Waals surface area contributed by atoms with Gasteiger partial charge in [0.15, 0.2) is 5.58 Å². The minimum Gasteiger partial charge on any atom is -0.464 e. The second-order valence-electron chi connectivity index (χ2n) is 5.14. The van der Waals surface area contributed by atoms with Crippen LogP contribution in [0.2, 0.25) is 0 Å². The molecular weight excluding hydrogens is 294 g/mol. The van der Waals surface area contributed by atoms with Gasteiger partial charge in [-0.25, -0.2) is 9.78 Å². The molecular formula is C18H23NO4. The third-order valence-electron chi connectivity index (χ3n) is 3.29. The van der Waals surface area contributed by atoms with Gasteiger partial charge in [0, 0.05) is 18.1 Å². The van der Waals surface area contributed by atoms with Crippen LogP contribution in [0.25, 0.3) is 22.2 Å². The molecule has 3 rings (SSSR count). The maximum absolute atomic E-state index is 10.7. The summed E-state index contributed by atoms with van der Waals surface area (Å²) in [6.45, 7) is 5.10. The summed E-state index contributed by atoms with van der Waals surface area (Å²) in [7, 11) is 0. The number of esters is 1. The fourth-order valence-corrected chi connectivity index (χ4v) is 2.17. The van der Waals surface area contributed by atoms with Crippen LogP contribution in [0.3, 0.4) is 0 Å². The normalized spacial score (nSPS) is 10.7. The molecule has 3 aromatic rings. The van der Waals surface area contributed by atoms with E-state index in [2.05, 4.69) is 16.6 Å². The van der Waals surface area contributed by atoms with E-state index >= 15 is 0 Å². The van der Waals surface area contributed by atoms with Gasteiger partial charge in [0.25, 0.3) is 0 Å². The zero-order chi connectivity index (χ0) is 16.5. The predicted octanol–water partition coefficient (Wildman–Crippen LogP) is 4.18. The summed E-state index contributed by atoms with van der Waals surface area (Å²) in [5, 5.41) is 1.14. The van der Waals surface area contributed by atoms with E-state index in [1.54, 1.807) is 6.92 Å². The number of fused-ring (bicyclic) bond motifs is 1. The number of hydrogen-bond acceptors (Lipinski definition) is 5. The maximum Gasteiger partial charge on any atom is 0.332 e. The van der Waals surface area contributed by atoms with Gasteiger partial charge in [-0.05, 0) is 25.5 Å². The Bertz CT molecular complexity index is 686. The van der Waals surface area contributed by atoms with Crippen molar-refractivity contribution < 1.29 is 18.7 Å². The van der Waals surface area contributed by atoms with Crippen LogP contribution in [-0.4, -0.2) is 30.8 Å². The lowest BCUT2D eigenvalue weighted by Gasteiger charge is -2.02. The lowest BCUT2D eigenvalue weighted by molar-refractivity contribution is -0.148. The number of hydrogen-bond donors (Lipinski definition) is 0. The molecule has 0 atom stereocenters. The second-order valence-corrected chi connectivity index (χ2v) is 5.14. The molecule has 2 heterocycles. The van der Waals surface area contributed by atoms with E-state index in [0.29, 0.717) is 18.9 Å². The lowest BCUT2D eigenvalue weighted by Crippen LogP contribution is -2.12. The third-order valence-corrected chi connectivity index (χ3v) is 3.29. The quantitative estimate of drug-likeness (QED) is 0.483. The van der Waals surface area contributed by atoms with Crippen molar-refractivity contribution in [2.75, 3.05) is 19.8 Å². The molecule has 0 N–H and O–H groups in total. The van der Waals surface area contributed by atoms with Crippen molar-refractivity contribution in [3.05, 3.63) is 30.3 Å². The summed E-state index contributed by atoms with van der Waals surface area (Å²) in [6.07, 6.45) is 3.35. The number of nitrogens with zero attached hydrogens (tertiary/aromatic N) is 1. The molecule has 0 aliphatic heterocycles. The topological polar surface area (TPSA) is 61.6 Å². The smallest absolute Gasteiger partial charge is 0.332 e. The van der Waals surface area contributed by atoms with E-state index in [4.69, 9.17) is 9.15 Å². The molecule has 2 bridgehead atoms. The Kier molecular flexibility index (Phi) is 6.81. The average Bonchev–Trinajstić information content (AvgIpc) is 2.95. The van der Waals surface area contributed by atoms with E-state index in [9.17, 15) is 4.79 Å². The van der Waals surface area contributed by atoms with Gasteiger partial charge in [0.05, 0.1) is 6.61 Å². The second kappa shape index (κ2) is 9.10. The summed E-state index contributed by atoms with van der Waals surface area (Å²) in [5.41, 5.74) is 2.56. The number of unbranched alkanes of at least 4 members (excludes halogenated alkanes) is 2. The first-order valence-corrected chi connectivity index (χ1v) is 8.05. The molecule has 1 aromatic carbocycles. The average molecular weight is 317 g/mol. The highest BCUT2D eigenvalue weighted by molar-refractivity contribution is 5.94. The van der Waals surface area contributed by atoms with Crippen LogP contribution in [0, 0.1) is 0 Å². The van der Waals surface area contributed by atoms with E-state index < -0.39 is 0 Å². The van der Waals surface area contributed by atoms with Crippen LogP contribution in [-0.2, 0) is 14.3 Å². The van der Waals surface area contributed by atoms with Gasteiger partial charge in [0.2, 0.25) is 5.71 Å². The molecule has 0 saturated carbocycles. The molecule has 0 fully saturated rings. The Hall–Kier alpha value is -2.14.